The van der Waals surface area contributed by atoms with E-state index in [9.17, 15) is 12.8 Å². The molecule has 1 aromatic carbocycles. The minimum absolute atomic E-state index is 0.0304. The van der Waals surface area contributed by atoms with E-state index in [2.05, 4.69) is 14.8 Å². The molecular weight excluding hydrogens is 271 g/mol. The van der Waals surface area contributed by atoms with Crippen molar-refractivity contribution in [3.63, 3.8) is 0 Å². The lowest BCUT2D eigenvalue weighted by Crippen LogP contribution is -2.26. The monoisotopic (exact) mass is 284 g/mol. The van der Waals surface area contributed by atoms with Gasteiger partial charge in [-0.2, -0.15) is 5.10 Å². The Morgan fingerprint density at radius 2 is 2.00 bits per heavy atom. The first-order valence-electron chi connectivity index (χ1n) is 5.57. The second kappa shape index (κ2) is 5.45. The Morgan fingerprint density at radius 3 is 2.58 bits per heavy atom. The molecule has 1 heterocycles. The summed E-state index contributed by atoms with van der Waals surface area (Å²) < 4.78 is 40.4. The highest BCUT2D eigenvalue weighted by Gasteiger charge is 2.13. The molecule has 0 fully saturated rings. The van der Waals surface area contributed by atoms with Gasteiger partial charge in [-0.25, -0.2) is 22.5 Å². The van der Waals surface area contributed by atoms with Crippen LogP contribution in [0.1, 0.15) is 5.82 Å². The molecule has 2 rings (SSSR count). The Balaban J connectivity index is 1.96. The second-order valence-electron chi connectivity index (χ2n) is 3.94. The van der Waals surface area contributed by atoms with Crippen molar-refractivity contribution in [3.05, 3.63) is 42.2 Å². The number of aromatic nitrogens is 3. The summed E-state index contributed by atoms with van der Waals surface area (Å²) in [5.74, 6) is 0.0842. The molecule has 0 bridgehead atoms. The third-order valence-corrected chi connectivity index (χ3v) is 3.89. The number of rotatable bonds is 5. The summed E-state index contributed by atoms with van der Waals surface area (Å²) in [4.78, 5) is 4.02. The van der Waals surface area contributed by atoms with E-state index >= 15 is 0 Å². The summed E-state index contributed by atoms with van der Waals surface area (Å²) in [6.07, 6.45) is 1.94. The van der Waals surface area contributed by atoms with Gasteiger partial charge in [0.15, 0.2) is 5.82 Å². The highest BCUT2D eigenvalue weighted by molar-refractivity contribution is 7.89. The Labute approximate surface area is 110 Å². The van der Waals surface area contributed by atoms with E-state index in [-0.39, 0.29) is 11.4 Å². The zero-order chi connectivity index (χ0) is 13.9. The number of hydrogen-bond donors (Lipinski definition) is 1. The summed E-state index contributed by atoms with van der Waals surface area (Å²) in [6.45, 7) is 0.184. The average Bonchev–Trinajstić information content (AvgIpc) is 2.75. The standard InChI is InChI=1S/C11H13FN4O2S/c1-16-8-13-11(15-16)6-7-14-19(17,18)10-4-2-9(12)3-5-10/h2-5,8,14H,6-7H2,1H3. The lowest BCUT2D eigenvalue weighted by atomic mass is 10.4. The van der Waals surface area contributed by atoms with Crippen molar-refractivity contribution in [1.29, 1.82) is 0 Å². The number of nitrogens with zero attached hydrogens (tertiary/aromatic N) is 3. The molecule has 0 aliphatic rings. The van der Waals surface area contributed by atoms with Gasteiger partial charge in [0.05, 0.1) is 4.90 Å². The van der Waals surface area contributed by atoms with Crippen LogP contribution in [-0.4, -0.2) is 29.7 Å². The van der Waals surface area contributed by atoms with Gasteiger partial charge in [-0.3, -0.25) is 4.68 Å². The van der Waals surface area contributed by atoms with Crippen molar-refractivity contribution >= 4 is 10.0 Å². The van der Waals surface area contributed by atoms with Gasteiger partial charge in [0, 0.05) is 20.0 Å². The molecule has 2 aromatic rings. The number of hydrogen-bond acceptors (Lipinski definition) is 4. The minimum atomic E-state index is -3.62. The van der Waals surface area contributed by atoms with Crippen LogP contribution in [0.25, 0.3) is 0 Å². The van der Waals surface area contributed by atoms with Crippen LogP contribution in [0.3, 0.4) is 0 Å². The lowest BCUT2D eigenvalue weighted by Gasteiger charge is -2.05. The minimum Gasteiger partial charge on any atom is -0.256 e. The molecule has 0 aliphatic carbocycles. The SMILES string of the molecule is Cn1cnc(CCNS(=O)(=O)c2ccc(F)cc2)n1. The first-order chi connectivity index (χ1) is 8.97. The summed E-state index contributed by atoms with van der Waals surface area (Å²) in [7, 11) is -1.88. The van der Waals surface area contributed by atoms with Gasteiger partial charge >= 0.3 is 0 Å². The molecular formula is C11H13FN4O2S. The van der Waals surface area contributed by atoms with E-state index < -0.39 is 15.8 Å². The molecule has 102 valence electrons. The smallest absolute Gasteiger partial charge is 0.240 e. The van der Waals surface area contributed by atoms with Crippen molar-refractivity contribution in [1.82, 2.24) is 19.5 Å². The largest absolute Gasteiger partial charge is 0.256 e. The molecule has 0 spiro atoms. The van der Waals surface area contributed by atoms with E-state index in [1.54, 1.807) is 18.1 Å². The van der Waals surface area contributed by atoms with Gasteiger partial charge in [-0.15, -0.1) is 0 Å². The van der Waals surface area contributed by atoms with Gasteiger partial charge in [0.2, 0.25) is 10.0 Å². The summed E-state index contributed by atoms with van der Waals surface area (Å²) in [5.41, 5.74) is 0. The zero-order valence-electron chi connectivity index (χ0n) is 10.2. The van der Waals surface area contributed by atoms with Crippen LogP contribution in [0.5, 0.6) is 0 Å². The number of halogens is 1. The summed E-state index contributed by atoms with van der Waals surface area (Å²) >= 11 is 0. The van der Waals surface area contributed by atoms with Gasteiger partial charge in [-0.1, -0.05) is 0 Å². The van der Waals surface area contributed by atoms with E-state index in [0.717, 1.165) is 12.1 Å². The quantitative estimate of drug-likeness (QED) is 0.866. The predicted octanol–water partition coefficient (Wildman–Crippen LogP) is 0.475. The molecule has 8 heteroatoms. The van der Waals surface area contributed by atoms with Gasteiger partial charge in [0.1, 0.15) is 12.1 Å². The van der Waals surface area contributed by atoms with Gasteiger partial charge in [0.25, 0.3) is 0 Å². The maximum absolute atomic E-state index is 12.7. The first-order valence-corrected chi connectivity index (χ1v) is 7.05. The molecule has 19 heavy (non-hydrogen) atoms. The number of sulfonamides is 1. The van der Waals surface area contributed by atoms with E-state index in [1.807, 2.05) is 0 Å². The molecule has 1 aromatic heterocycles. The number of aryl methyl sites for hydroxylation is 1. The van der Waals surface area contributed by atoms with Crippen molar-refractivity contribution in [2.24, 2.45) is 7.05 Å². The molecule has 0 saturated heterocycles. The summed E-state index contributed by atoms with van der Waals surface area (Å²) in [6, 6.07) is 4.65. The molecule has 1 N–H and O–H groups in total. The van der Waals surface area contributed by atoms with Crippen LogP contribution in [0.2, 0.25) is 0 Å². The molecule has 0 saturated carbocycles. The molecule has 6 nitrogen and oxygen atoms in total. The highest BCUT2D eigenvalue weighted by Crippen LogP contribution is 2.09. The molecule has 0 atom stereocenters. The highest BCUT2D eigenvalue weighted by atomic mass is 32.2. The fourth-order valence-corrected chi connectivity index (χ4v) is 2.52. The Morgan fingerprint density at radius 1 is 1.32 bits per heavy atom. The normalized spacial score (nSPS) is 11.7. The topological polar surface area (TPSA) is 76.9 Å². The Bertz CT molecular complexity index is 652. The Hall–Kier alpha value is -1.80. The summed E-state index contributed by atoms with van der Waals surface area (Å²) in [5, 5.41) is 4.04. The van der Waals surface area contributed by atoms with Crippen molar-refractivity contribution in [2.45, 2.75) is 11.3 Å². The van der Waals surface area contributed by atoms with Crippen molar-refractivity contribution < 1.29 is 12.8 Å². The first kappa shape index (κ1) is 13.6. The van der Waals surface area contributed by atoms with Crippen LogP contribution in [0, 0.1) is 5.82 Å². The second-order valence-corrected chi connectivity index (χ2v) is 5.70. The van der Waals surface area contributed by atoms with Crippen LogP contribution in [-0.2, 0) is 23.5 Å². The number of benzene rings is 1. The van der Waals surface area contributed by atoms with Gasteiger partial charge in [-0.05, 0) is 24.3 Å². The maximum atomic E-state index is 12.7. The lowest BCUT2D eigenvalue weighted by molar-refractivity contribution is 0.579. The zero-order valence-corrected chi connectivity index (χ0v) is 11.1. The van der Waals surface area contributed by atoms with E-state index in [1.165, 1.54) is 12.1 Å². The van der Waals surface area contributed by atoms with Crippen LogP contribution in [0.15, 0.2) is 35.5 Å². The maximum Gasteiger partial charge on any atom is 0.240 e. The fraction of sp³-hybridized carbons (Fsp3) is 0.273. The van der Waals surface area contributed by atoms with Crippen LogP contribution >= 0.6 is 0 Å². The van der Waals surface area contributed by atoms with Crippen molar-refractivity contribution in [3.8, 4) is 0 Å². The fourth-order valence-electron chi connectivity index (χ4n) is 1.49. The van der Waals surface area contributed by atoms with Crippen molar-refractivity contribution in [2.75, 3.05) is 6.54 Å². The predicted molar refractivity (Wildman–Crippen MR) is 66.3 cm³/mol. The third-order valence-electron chi connectivity index (χ3n) is 2.41. The van der Waals surface area contributed by atoms with Gasteiger partial charge < -0.3 is 0 Å². The Kier molecular flexibility index (Phi) is 3.91. The van der Waals surface area contributed by atoms with Crippen LogP contribution in [0.4, 0.5) is 4.39 Å². The molecule has 0 aliphatic heterocycles. The number of nitrogens with one attached hydrogen (secondary N) is 1. The molecule has 0 unspecified atom stereocenters. The third kappa shape index (κ3) is 3.58. The molecule has 0 radical (unpaired) electrons. The molecule has 0 amide bonds. The van der Waals surface area contributed by atoms with E-state index in [4.69, 9.17) is 0 Å². The average molecular weight is 284 g/mol. The van der Waals surface area contributed by atoms with E-state index in [0.29, 0.717) is 12.2 Å². The van der Waals surface area contributed by atoms with Crippen LogP contribution < -0.4 is 4.72 Å².